The zero-order chi connectivity index (χ0) is 12.0. The van der Waals surface area contributed by atoms with E-state index in [0.29, 0.717) is 5.92 Å². The average molecular weight is 334 g/mol. The van der Waals surface area contributed by atoms with Crippen molar-refractivity contribution in [2.45, 2.75) is 19.8 Å². The molecule has 0 aliphatic rings. The molecule has 1 aromatic rings. The van der Waals surface area contributed by atoms with Gasteiger partial charge in [0.2, 0.25) is 0 Å². The molecule has 1 atom stereocenters. The standard InChI is InChI=1S/C12H19IN2O/c1-9(8-16)3-2-6-15-12-5-4-10(14)7-11(12)13/h4-5,7,9,15-16H,2-3,6,8,14H2,1H3. The van der Waals surface area contributed by atoms with Crippen molar-refractivity contribution < 1.29 is 5.11 Å². The monoisotopic (exact) mass is 334 g/mol. The van der Waals surface area contributed by atoms with Crippen LogP contribution in [0.15, 0.2) is 18.2 Å². The van der Waals surface area contributed by atoms with Crippen LogP contribution in [0.3, 0.4) is 0 Å². The number of hydrogen-bond acceptors (Lipinski definition) is 3. The van der Waals surface area contributed by atoms with Crippen molar-refractivity contribution in [3.8, 4) is 0 Å². The van der Waals surface area contributed by atoms with Crippen LogP contribution in [-0.4, -0.2) is 18.3 Å². The summed E-state index contributed by atoms with van der Waals surface area (Å²) in [6, 6.07) is 5.87. The molecule has 3 nitrogen and oxygen atoms in total. The van der Waals surface area contributed by atoms with Gasteiger partial charge in [0, 0.05) is 28.1 Å². The predicted molar refractivity (Wildman–Crippen MR) is 77.5 cm³/mol. The zero-order valence-electron chi connectivity index (χ0n) is 9.54. The topological polar surface area (TPSA) is 58.3 Å². The van der Waals surface area contributed by atoms with E-state index in [1.54, 1.807) is 0 Å². The first kappa shape index (κ1) is 13.6. The normalized spacial score (nSPS) is 12.4. The fourth-order valence-electron chi connectivity index (χ4n) is 1.44. The highest BCUT2D eigenvalue weighted by Gasteiger charge is 2.01. The molecule has 1 aromatic carbocycles. The molecule has 1 unspecified atom stereocenters. The summed E-state index contributed by atoms with van der Waals surface area (Å²) in [5, 5.41) is 12.3. The molecule has 0 aliphatic carbocycles. The van der Waals surface area contributed by atoms with Crippen molar-refractivity contribution in [3.05, 3.63) is 21.8 Å². The van der Waals surface area contributed by atoms with E-state index in [0.717, 1.165) is 34.3 Å². The van der Waals surface area contributed by atoms with Crippen LogP contribution >= 0.6 is 22.6 Å². The molecule has 0 saturated carbocycles. The predicted octanol–water partition coefficient (Wildman–Crippen LogP) is 2.69. The first-order valence-electron chi connectivity index (χ1n) is 5.53. The van der Waals surface area contributed by atoms with E-state index in [-0.39, 0.29) is 6.61 Å². The van der Waals surface area contributed by atoms with Gasteiger partial charge in [-0.3, -0.25) is 0 Å². The van der Waals surface area contributed by atoms with E-state index < -0.39 is 0 Å². The first-order valence-corrected chi connectivity index (χ1v) is 6.61. The number of hydrogen-bond donors (Lipinski definition) is 3. The molecule has 0 spiro atoms. The Balaban J connectivity index is 2.32. The SMILES string of the molecule is CC(CO)CCCNc1ccc(N)cc1I. The van der Waals surface area contributed by atoms with Crippen molar-refractivity contribution in [2.75, 3.05) is 24.2 Å². The summed E-state index contributed by atoms with van der Waals surface area (Å²) in [5.74, 6) is 0.396. The maximum atomic E-state index is 8.89. The van der Waals surface area contributed by atoms with Crippen molar-refractivity contribution in [2.24, 2.45) is 5.92 Å². The summed E-state index contributed by atoms with van der Waals surface area (Å²) in [7, 11) is 0. The highest BCUT2D eigenvalue weighted by atomic mass is 127. The van der Waals surface area contributed by atoms with E-state index in [1.807, 2.05) is 18.2 Å². The van der Waals surface area contributed by atoms with Gasteiger partial charge in [0.05, 0.1) is 0 Å². The number of aliphatic hydroxyl groups is 1. The highest BCUT2D eigenvalue weighted by Crippen LogP contribution is 2.20. The van der Waals surface area contributed by atoms with Gasteiger partial charge in [0.25, 0.3) is 0 Å². The van der Waals surface area contributed by atoms with Crippen molar-refractivity contribution in [1.82, 2.24) is 0 Å². The molecule has 0 saturated heterocycles. The molecule has 4 heteroatoms. The van der Waals surface area contributed by atoms with Gasteiger partial charge < -0.3 is 16.2 Å². The molecular weight excluding hydrogens is 315 g/mol. The second kappa shape index (κ2) is 6.96. The number of nitrogen functional groups attached to an aromatic ring is 1. The Kier molecular flexibility index (Phi) is 5.90. The zero-order valence-corrected chi connectivity index (χ0v) is 11.7. The van der Waals surface area contributed by atoms with Crippen LogP contribution in [0.5, 0.6) is 0 Å². The minimum atomic E-state index is 0.277. The molecule has 0 aliphatic heterocycles. The van der Waals surface area contributed by atoms with Crippen LogP contribution < -0.4 is 11.1 Å². The third-order valence-electron chi connectivity index (χ3n) is 2.49. The number of anilines is 2. The Bertz CT molecular complexity index is 331. The lowest BCUT2D eigenvalue weighted by atomic mass is 10.1. The van der Waals surface area contributed by atoms with Crippen LogP contribution in [0.4, 0.5) is 11.4 Å². The lowest BCUT2D eigenvalue weighted by Gasteiger charge is -2.11. The van der Waals surface area contributed by atoms with E-state index in [1.165, 1.54) is 0 Å². The van der Waals surface area contributed by atoms with Gasteiger partial charge in [0.1, 0.15) is 0 Å². The molecule has 90 valence electrons. The van der Waals surface area contributed by atoms with Crippen LogP contribution in [0.2, 0.25) is 0 Å². The summed E-state index contributed by atoms with van der Waals surface area (Å²) < 4.78 is 1.15. The smallest absolute Gasteiger partial charge is 0.0477 e. The fraction of sp³-hybridized carbons (Fsp3) is 0.500. The number of rotatable bonds is 6. The van der Waals surface area contributed by atoms with Gasteiger partial charge in [0.15, 0.2) is 0 Å². The number of halogens is 1. The summed E-state index contributed by atoms with van der Waals surface area (Å²) >= 11 is 2.28. The highest BCUT2D eigenvalue weighted by molar-refractivity contribution is 14.1. The fourth-order valence-corrected chi connectivity index (χ4v) is 2.17. The summed E-state index contributed by atoms with van der Waals surface area (Å²) in [4.78, 5) is 0. The molecule has 0 fully saturated rings. The minimum Gasteiger partial charge on any atom is -0.399 e. The average Bonchev–Trinajstić information content (AvgIpc) is 2.26. The van der Waals surface area contributed by atoms with Gasteiger partial charge in [-0.05, 0) is 59.5 Å². The molecule has 0 aromatic heterocycles. The molecular formula is C12H19IN2O. The number of benzene rings is 1. The maximum Gasteiger partial charge on any atom is 0.0477 e. The second-order valence-corrected chi connectivity index (χ2v) is 5.26. The lowest BCUT2D eigenvalue weighted by Crippen LogP contribution is -2.07. The molecule has 4 N–H and O–H groups in total. The number of nitrogens with one attached hydrogen (secondary N) is 1. The Labute approximate surface area is 111 Å². The Hall–Kier alpha value is -0.490. The largest absolute Gasteiger partial charge is 0.399 e. The van der Waals surface area contributed by atoms with Gasteiger partial charge in [-0.1, -0.05) is 6.92 Å². The first-order chi connectivity index (χ1) is 7.63. The van der Waals surface area contributed by atoms with Crippen LogP contribution in [-0.2, 0) is 0 Å². The van der Waals surface area contributed by atoms with Crippen molar-refractivity contribution in [1.29, 1.82) is 0 Å². The van der Waals surface area contributed by atoms with Crippen LogP contribution in [0.1, 0.15) is 19.8 Å². The number of nitrogens with two attached hydrogens (primary N) is 1. The molecule has 0 radical (unpaired) electrons. The second-order valence-electron chi connectivity index (χ2n) is 4.10. The van der Waals surface area contributed by atoms with E-state index in [4.69, 9.17) is 10.8 Å². The van der Waals surface area contributed by atoms with Crippen LogP contribution in [0, 0.1) is 9.49 Å². The maximum absolute atomic E-state index is 8.89. The van der Waals surface area contributed by atoms with Gasteiger partial charge in [-0.25, -0.2) is 0 Å². The Morgan fingerprint density at radius 3 is 2.88 bits per heavy atom. The third kappa shape index (κ3) is 4.57. The molecule has 1 rings (SSSR count). The minimum absolute atomic E-state index is 0.277. The quantitative estimate of drug-likeness (QED) is 0.426. The van der Waals surface area contributed by atoms with Gasteiger partial charge in [-0.2, -0.15) is 0 Å². The third-order valence-corrected chi connectivity index (χ3v) is 3.39. The van der Waals surface area contributed by atoms with Gasteiger partial charge in [-0.15, -0.1) is 0 Å². The van der Waals surface area contributed by atoms with E-state index >= 15 is 0 Å². The summed E-state index contributed by atoms with van der Waals surface area (Å²) in [6.07, 6.45) is 2.12. The summed E-state index contributed by atoms with van der Waals surface area (Å²) in [6.45, 7) is 3.27. The van der Waals surface area contributed by atoms with Crippen molar-refractivity contribution in [3.63, 3.8) is 0 Å². The van der Waals surface area contributed by atoms with E-state index in [9.17, 15) is 0 Å². The molecule has 0 heterocycles. The van der Waals surface area contributed by atoms with Gasteiger partial charge >= 0.3 is 0 Å². The van der Waals surface area contributed by atoms with E-state index in [2.05, 4.69) is 34.8 Å². The number of aliphatic hydroxyl groups excluding tert-OH is 1. The molecule has 0 amide bonds. The van der Waals surface area contributed by atoms with Crippen LogP contribution in [0.25, 0.3) is 0 Å². The molecule has 0 bridgehead atoms. The Morgan fingerprint density at radius 2 is 2.25 bits per heavy atom. The van der Waals surface area contributed by atoms with Crippen molar-refractivity contribution >= 4 is 34.0 Å². The Morgan fingerprint density at radius 1 is 1.50 bits per heavy atom. The lowest BCUT2D eigenvalue weighted by molar-refractivity contribution is 0.229. The molecule has 16 heavy (non-hydrogen) atoms. The summed E-state index contributed by atoms with van der Waals surface area (Å²) in [5.41, 5.74) is 7.61.